The van der Waals surface area contributed by atoms with Crippen LogP contribution >= 0.6 is 0 Å². The van der Waals surface area contributed by atoms with Gasteiger partial charge >= 0.3 is 0 Å². The van der Waals surface area contributed by atoms with Crippen molar-refractivity contribution in [1.82, 2.24) is 29.4 Å². The minimum absolute atomic E-state index is 0.0251. The highest BCUT2D eigenvalue weighted by atomic mass is 32.2. The Morgan fingerprint density at radius 3 is 2.64 bits per heavy atom. The summed E-state index contributed by atoms with van der Waals surface area (Å²) in [6.45, 7) is 7.60. The van der Waals surface area contributed by atoms with Crippen molar-refractivity contribution in [1.29, 1.82) is 0 Å². The molecule has 0 radical (unpaired) electrons. The van der Waals surface area contributed by atoms with Gasteiger partial charge in [-0.25, -0.2) is 17.9 Å². The Hall–Kier alpha value is -1.58. The van der Waals surface area contributed by atoms with Crippen LogP contribution in [0.5, 0.6) is 0 Å². The van der Waals surface area contributed by atoms with Crippen molar-refractivity contribution in [2.24, 2.45) is 5.92 Å². The topological polar surface area (TPSA) is 83.7 Å². The number of aromatic nitrogens is 4. The molecule has 2 fully saturated rings. The van der Waals surface area contributed by atoms with Crippen LogP contribution in [0.25, 0.3) is 5.78 Å². The number of piperazine rings is 1. The molecule has 2 aromatic rings. The molecular weight excluding hydrogens is 340 g/mol. The van der Waals surface area contributed by atoms with Crippen LogP contribution in [-0.4, -0.2) is 81.0 Å². The zero-order valence-electron chi connectivity index (χ0n) is 14.6. The van der Waals surface area contributed by atoms with Gasteiger partial charge < -0.3 is 0 Å². The van der Waals surface area contributed by atoms with E-state index >= 15 is 0 Å². The van der Waals surface area contributed by atoms with E-state index in [0.29, 0.717) is 24.1 Å². The Morgan fingerprint density at radius 1 is 1.20 bits per heavy atom. The van der Waals surface area contributed by atoms with Crippen LogP contribution in [0.15, 0.2) is 18.5 Å². The van der Waals surface area contributed by atoms with Crippen molar-refractivity contribution in [3.8, 4) is 0 Å². The second kappa shape index (κ2) is 6.30. The minimum Gasteiger partial charge on any atom is -0.296 e. The van der Waals surface area contributed by atoms with Gasteiger partial charge in [0.15, 0.2) is 15.7 Å². The van der Waals surface area contributed by atoms with Crippen molar-refractivity contribution >= 4 is 15.6 Å². The normalized spacial score (nSPS) is 27.2. The standard InChI is InChI=1S/C16H24N6O2S/c1-12(2)8-20-6-7-21(14-11-25(23,24)10-13(14)20)9-15-18-16-17-4-3-5-22(16)19-15/h3-5,12-14H,6-11H2,1-2H3/t13-,14+/m0/s1. The first kappa shape index (κ1) is 16.9. The van der Waals surface area contributed by atoms with E-state index in [-0.39, 0.29) is 23.6 Å². The van der Waals surface area contributed by atoms with Gasteiger partial charge in [0.2, 0.25) is 0 Å². The molecule has 2 aromatic heterocycles. The van der Waals surface area contributed by atoms with Crippen LogP contribution in [0, 0.1) is 5.92 Å². The van der Waals surface area contributed by atoms with Gasteiger partial charge in [0, 0.05) is 44.1 Å². The summed E-state index contributed by atoms with van der Waals surface area (Å²) in [5.41, 5.74) is 0. The van der Waals surface area contributed by atoms with Gasteiger partial charge in [-0.15, -0.1) is 5.10 Å². The lowest BCUT2D eigenvalue weighted by molar-refractivity contribution is 0.0323. The van der Waals surface area contributed by atoms with E-state index in [2.05, 4.69) is 38.7 Å². The molecule has 136 valence electrons. The molecule has 0 aliphatic carbocycles. The van der Waals surface area contributed by atoms with Crippen molar-refractivity contribution in [3.05, 3.63) is 24.3 Å². The van der Waals surface area contributed by atoms with Gasteiger partial charge in [-0.3, -0.25) is 9.80 Å². The number of hydrogen-bond donors (Lipinski definition) is 0. The summed E-state index contributed by atoms with van der Waals surface area (Å²) in [5, 5.41) is 4.46. The third-order valence-electron chi connectivity index (χ3n) is 5.01. The van der Waals surface area contributed by atoms with E-state index in [0.717, 1.165) is 19.6 Å². The molecule has 4 rings (SSSR count). The number of sulfone groups is 1. The molecule has 25 heavy (non-hydrogen) atoms. The molecule has 2 aliphatic rings. The molecule has 0 unspecified atom stereocenters. The van der Waals surface area contributed by atoms with E-state index in [1.165, 1.54) is 0 Å². The van der Waals surface area contributed by atoms with Gasteiger partial charge in [0.05, 0.1) is 18.1 Å². The Balaban J connectivity index is 1.56. The van der Waals surface area contributed by atoms with E-state index in [1.54, 1.807) is 10.7 Å². The van der Waals surface area contributed by atoms with Gasteiger partial charge in [-0.2, -0.15) is 4.98 Å². The highest BCUT2D eigenvalue weighted by molar-refractivity contribution is 7.91. The summed E-state index contributed by atoms with van der Waals surface area (Å²) in [6.07, 6.45) is 3.51. The Morgan fingerprint density at radius 2 is 1.92 bits per heavy atom. The quantitative estimate of drug-likeness (QED) is 0.759. The largest absolute Gasteiger partial charge is 0.296 e. The summed E-state index contributed by atoms with van der Waals surface area (Å²) in [6, 6.07) is 1.92. The molecule has 0 spiro atoms. The smallest absolute Gasteiger partial charge is 0.252 e. The zero-order chi connectivity index (χ0) is 17.6. The molecule has 0 aromatic carbocycles. The average molecular weight is 364 g/mol. The molecule has 0 amide bonds. The van der Waals surface area contributed by atoms with Gasteiger partial charge in [-0.1, -0.05) is 13.8 Å². The summed E-state index contributed by atoms with van der Waals surface area (Å²) in [5.74, 6) is 2.30. The van der Waals surface area contributed by atoms with Gasteiger partial charge in [0.25, 0.3) is 5.78 Å². The van der Waals surface area contributed by atoms with E-state index < -0.39 is 9.84 Å². The van der Waals surface area contributed by atoms with E-state index in [4.69, 9.17) is 0 Å². The molecular formula is C16H24N6O2S. The summed E-state index contributed by atoms with van der Waals surface area (Å²) < 4.78 is 26.2. The first-order chi connectivity index (χ1) is 11.9. The van der Waals surface area contributed by atoms with Crippen molar-refractivity contribution in [2.75, 3.05) is 31.1 Å². The molecule has 9 heteroatoms. The van der Waals surface area contributed by atoms with Gasteiger partial charge in [0.1, 0.15) is 0 Å². The highest BCUT2D eigenvalue weighted by Crippen LogP contribution is 2.28. The number of nitrogens with zero attached hydrogens (tertiary/aromatic N) is 6. The highest BCUT2D eigenvalue weighted by Gasteiger charge is 2.46. The lowest BCUT2D eigenvalue weighted by atomic mass is 10.0. The van der Waals surface area contributed by atoms with E-state index in [9.17, 15) is 8.42 Å². The minimum atomic E-state index is -2.99. The molecule has 0 N–H and O–H groups in total. The lowest BCUT2D eigenvalue weighted by Crippen LogP contribution is -2.59. The Bertz CT molecular complexity index is 831. The third kappa shape index (κ3) is 3.40. The fourth-order valence-electron chi connectivity index (χ4n) is 4.01. The monoisotopic (exact) mass is 364 g/mol. The summed E-state index contributed by atoms with van der Waals surface area (Å²) in [4.78, 5) is 13.2. The third-order valence-corrected chi connectivity index (χ3v) is 6.71. The Kier molecular flexibility index (Phi) is 4.25. The van der Waals surface area contributed by atoms with Crippen LogP contribution in [-0.2, 0) is 16.4 Å². The van der Waals surface area contributed by atoms with Crippen molar-refractivity contribution in [3.63, 3.8) is 0 Å². The number of rotatable bonds is 4. The van der Waals surface area contributed by atoms with Crippen LogP contribution in [0.1, 0.15) is 19.7 Å². The zero-order valence-corrected chi connectivity index (χ0v) is 15.4. The maximum Gasteiger partial charge on any atom is 0.252 e. The fraction of sp³-hybridized carbons (Fsp3) is 0.688. The van der Waals surface area contributed by atoms with Crippen LogP contribution < -0.4 is 0 Å². The second-order valence-electron chi connectivity index (χ2n) is 7.46. The average Bonchev–Trinajstić information content (AvgIpc) is 3.08. The molecule has 4 heterocycles. The lowest BCUT2D eigenvalue weighted by Gasteiger charge is -2.44. The molecule has 0 saturated carbocycles. The maximum atomic E-state index is 12.3. The molecule has 8 nitrogen and oxygen atoms in total. The molecule has 2 atom stereocenters. The van der Waals surface area contributed by atoms with Crippen molar-refractivity contribution in [2.45, 2.75) is 32.5 Å². The van der Waals surface area contributed by atoms with Crippen LogP contribution in [0.2, 0.25) is 0 Å². The molecule has 2 aliphatic heterocycles. The fourth-order valence-corrected chi connectivity index (χ4v) is 6.06. The number of hydrogen-bond acceptors (Lipinski definition) is 7. The van der Waals surface area contributed by atoms with Crippen LogP contribution in [0.3, 0.4) is 0 Å². The summed E-state index contributed by atoms with van der Waals surface area (Å²) >= 11 is 0. The first-order valence-corrected chi connectivity index (χ1v) is 10.6. The van der Waals surface area contributed by atoms with Crippen molar-refractivity contribution < 1.29 is 8.42 Å². The van der Waals surface area contributed by atoms with Gasteiger partial charge in [-0.05, 0) is 12.0 Å². The summed E-state index contributed by atoms with van der Waals surface area (Å²) in [7, 11) is -2.99. The molecule has 2 saturated heterocycles. The second-order valence-corrected chi connectivity index (χ2v) is 9.62. The predicted octanol–water partition coefficient (Wildman–Crippen LogP) is 0.0635. The SMILES string of the molecule is CC(C)CN1CCN(Cc2nc3ncccn3n2)[C@@H]2CS(=O)(=O)C[C@@H]21. The molecule has 0 bridgehead atoms. The first-order valence-electron chi connectivity index (χ1n) is 8.76. The van der Waals surface area contributed by atoms with Crippen LogP contribution in [0.4, 0.5) is 0 Å². The number of fused-ring (bicyclic) bond motifs is 2. The predicted molar refractivity (Wildman–Crippen MR) is 93.8 cm³/mol. The maximum absolute atomic E-state index is 12.3. The van der Waals surface area contributed by atoms with E-state index in [1.807, 2.05) is 12.3 Å². The Labute approximate surface area is 147 Å².